The molecule has 0 bridgehead atoms. The predicted molar refractivity (Wildman–Crippen MR) is 50.9 cm³/mol. The highest BCUT2D eigenvalue weighted by molar-refractivity contribution is 5.81. The fourth-order valence-corrected chi connectivity index (χ4v) is 0.999. The van der Waals surface area contributed by atoms with Gasteiger partial charge >= 0.3 is 5.97 Å². The third-order valence-corrected chi connectivity index (χ3v) is 1.66. The molecule has 0 saturated heterocycles. The van der Waals surface area contributed by atoms with Crippen LogP contribution in [0, 0.1) is 0 Å². The van der Waals surface area contributed by atoms with E-state index in [1.807, 2.05) is 0 Å². The average molecular weight is 203 g/mol. The number of carbonyl (C=O) groups is 2. The third-order valence-electron chi connectivity index (χ3n) is 1.66. The molecule has 2 unspecified atom stereocenters. The molecule has 5 heteroatoms. The second-order valence-electron chi connectivity index (χ2n) is 3.11. The molecule has 0 aliphatic rings. The Morgan fingerprint density at radius 2 is 2.00 bits per heavy atom. The molecule has 0 aromatic heterocycles. The Balaban J connectivity index is 3.86. The zero-order chi connectivity index (χ0) is 11.1. The molecule has 1 amide bonds. The molecular formula is C9H17NO4. The van der Waals surface area contributed by atoms with Crippen molar-refractivity contribution in [3.63, 3.8) is 0 Å². The van der Waals surface area contributed by atoms with Crippen molar-refractivity contribution >= 4 is 11.9 Å². The van der Waals surface area contributed by atoms with Gasteiger partial charge in [-0.05, 0) is 20.8 Å². The van der Waals surface area contributed by atoms with Crippen LogP contribution in [0.5, 0.6) is 0 Å². The van der Waals surface area contributed by atoms with Gasteiger partial charge in [-0.2, -0.15) is 0 Å². The van der Waals surface area contributed by atoms with Crippen molar-refractivity contribution in [1.82, 2.24) is 5.32 Å². The van der Waals surface area contributed by atoms with E-state index in [4.69, 9.17) is 9.84 Å². The Bertz CT molecular complexity index is 205. The molecule has 0 heterocycles. The zero-order valence-corrected chi connectivity index (χ0v) is 8.74. The second-order valence-corrected chi connectivity index (χ2v) is 3.11. The van der Waals surface area contributed by atoms with Crippen LogP contribution in [0.25, 0.3) is 0 Å². The number of hydrogen-bond acceptors (Lipinski definition) is 3. The number of aliphatic carboxylic acids is 1. The van der Waals surface area contributed by atoms with Gasteiger partial charge in [0.2, 0.25) is 5.91 Å². The zero-order valence-electron chi connectivity index (χ0n) is 8.74. The minimum Gasteiger partial charge on any atom is -0.481 e. The number of ether oxygens (including phenoxy) is 1. The molecule has 2 atom stereocenters. The first-order valence-electron chi connectivity index (χ1n) is 4.61. The molecular weight excluding hydrogens is 186 g/mol. The number of amides is 1. The van der Waals surface area contributed by atoms with Crippen LogP contribution in [0.1, 0.15) is 27.2 Å². The molecule has 0 aliphatic heterocycles. The molecule has 0 aliphatic carbocycles. The SMILES string of the molecule is CCOC(C)C(=O)NC(C)CC(=O)O. The fourth-order valence-electron chi connectivity index (χ4n) is 0.999. The van der Waals surface area contributed by atoms with Crippen LogP contribution in [-0.4, -0.2) is 35.7 Å². The van der Waals surface area contributed by atoms with Crippen molar-refractivity contribution < 1.29 is 19.4 Å². The monoisotopic (exact) mass is 203 g/mol. The number of hydrogen-bond donors (Lipinski definition) is 2. The number of nitrogens with one attached hydrogen (secondary N) is 1. The summed E-state index contributed by atoms with van der Waals surface area (Å²) in [7, 11) is 0. The minimum atomic E-state index is -0.929. The molecule has 0 radical (unpaired) electrons. The molecule has 0 saturated carbocycles. The number of carboxylic acid groups (broad SMARTS) is 1. The number of carboxylic acids is 1. The van der Waals surface area contributed by atoms with Gasteiger partial charge in [-0.1, -0.05) is 0 Å². The van der Waals surface area contributed by atoms with E-state index in [0.717, 1.165) is 0 Å². The van der Waals surface area contributed by atoms with Crippen LogP contribution in [0.15, 0.2) is 0 Å². The van der Waals surface area contributed by atoms with Crippen LogP contribution in [0.4, 0.5) is 0 Å². The molecule has 0 rings (SSSR count). The molecule has 0 aromatic carbocycles. The summed E-state index contributed by atoms with van der Waals surface area (Å²) in [5, 5.41) is 11.0. The van der Waals surface area contributed by atoms with E-state index < -0.39 is 12.1 Å². The topological polar surface area (TPSA) is 75.6 Å². The second kappa shape index (κ2) is 6.37. The number of rotatable bonds is 6. The van der Waals surface area contributed by atoms with Gasteiger partial charge in [0.1, 0.15) is 6.10 Å². The first-order valence-corrected chi connectivity index (χ1v) is 4.61. The quantitative estimate of drug-likeness (QED) is 0.654. The summed E-state index contributed by atoms with van der Waals surface area (Å²) in [5.74, 6) is -1.21. The van der Waals surface area contributed by atoms with Crippen molar-refractivity contribution in [3.05, 3.63) is 0 Å². The maximum Gasteiger partial charge on any atom is 0.305 e. The molecule has 2 N–H and O–H groups in total. The molecule has 0 fully saturated rings. The first kappa shape index (κ1) is 12.9. The van der Waals surface area contributed by atoms with Gasteiger partial charge in [-0.15, -0.1) is 0 Å². The Hall–Kier alpha value is -1.10. The van der Waals surface area contributed by atoms with Gasteiger partial charge in [0.15, 0.2) is 0 Å². The lowest BCUT2D eigenvalue weighted by Gasteiger charge is -2.15. The smallest absolute Gasteiger partial charge is 0.305 e. The summed E-state index contributed by atoms with van der Waals surface area (Å²) >= 11 is 0. The predicted octanol–water partition coefficient (Wildman–Crippen LogP) is 0.391. The Labute approximate surface area is 83.4 Å². The van der Waals surface area contributed by atoms with E-state index >= 15 is 0 Å². The first-order chi connectivity index (χ1) is 6.47. The van der Waals surface area contributed by atoms with Gasteiger partial charge in [0.25, 0.3) is 0 Å². The van der Waals surface area contributed by atoms with Crippen molar-refractivity contribution in [2.45, 2.75) is 39.3 Å². The third kappa shape index (κ3) is 5.53. The number of carbonyl (C=O) groups excluding carboxylic acids is 1. The Kier molecular flexibility index (Phi) is 5.87. The maximum atomic E-state index is 11.3. The van der Waals surface area contributed by atoms with Gasteiger partial charge in [0, 0.05) is 12.6 Å². The van der Waals surface area contributed by atoms with Crippen LogP contribution in [-0.2, 0) is 14.3 Å². The summed E-state index contributed by atoms with van der Waals surface area (Å²) in [6.45, 7) is 5.53. The summed E-state index contributed by atoms with van der Waals surface area (Å²) in [5.41, 5.74) is 0. The summed E-state index contributed by atoms with van der Waals surface area (Å²) in [4.78, 5) is 21.6. The molecule has 5 nitrogen and oxygen atoms in total. The summed E-state index contributed by atoms with van der Waals surface area (Å²) in [6, 6.07) is -0.372. The van der Waals surface area contributed by atoms with E-state index in [9.17, 15) is 9.59 Å². The molecule has 14 heavy (non-hydrogen) atoms. The van der Waals surface area contributed by atoms with E-state index in [1.54, 1.807) is 20.8 Å². The van der Waals surface area contributed by atoms with Crippen LogP contribution in [0.3, 0.4) is 0 Å². The van der Waals surface area contributed by atoms with Crippen molar-refractivity contribution in [3.8, 4) is 0 Å². The van der Waals surface area contributed by atoms with Crippen LogP contribution >= 0.6 is 0 Å². The lowest BCUT2D eigenvalue weighted by Crippen LogP contribution is -2.40. The highest BCUT2D eigenvalue weighted by Crippen LogP contribution is 1.95. The highest BCUT2D eigenvalue weighted by atomic mass is 16.5. The minimum absolute atomic E-state index is 0.0788. The van der Waals surface area contributed by atoms with Crippen LogP contribution in [0.2, 0.25) is 0 Å². The van der Waals surface area contributed by atoms with Crippen molar-refractivity contribution in [2.24, 2.45) is 0 Å². The normalized spacial score (nSPS) is 14.5. The standard InChI is InChI=1S/C9H17NO4/c1-4-14-7(3)9(13)10-6(2)5-8(11)12/h6-7H,4-5H2,1-3H3,(H,10,13)(H,11,12). The lowest BCUT2D eigenvalue weighted by atomic mass is 10.2. The van der Waals surface area contributed by atoms with E-state index in [0.29, 0.717) is 6.61 Å². The summed E-state index contributed by atoms with van der Waals surface area (Å²) in [6.07, 6.45) is -0.610. The van der Waals surface area contributed by atoms with E-state index in [1.165, 1.54) is 0 Å². The van der Waals surface area contributed by atoms with Gasteiger partial charge < -0.3 is 15.2 Å². The van der Waals surface area contributed by atoms with Gasteiger partial charge in [-0.25, -0.2) is 0 Å². The Morgan fingerprint density at radius 1 is 1.43 bits per heavy atom. The van der Waals surface area contributed by atoms with Gasteiger partial charge in [-0.3, -0.25) is 9.59 Å². The average Bonchev–Trinajstić information content (AvgIpc) is 2.02. The summed E-state index contributed by atoms with van der Waals surface area (Å²) < 4.78 is 5.05. The maximum absolute atomic E-state index is 11.3. The van der Waals surface area contributed by atoms with Crippen LogP contribution < -0.4 is 5.32 Å². The molecule has 0 spiro atoms. The van der Waals surface area contributed by atoms with E-state index in [-0.39, 0.29) is 18.4 Å². The van der Waals surface area contributed by atoms with Crippen molar-refractivity contribution in [2.75, 3.05) is 6.61 Å². The lowest BCUT2D eigenvalue weighted by molar-refractivity contribution is -0.138. The van der Waals surface area contributed by atoms with Crippen molar-refractivity contribution in [1.29, 1.82) is 0 Å². The molecule has 0 aromatic rings. The highest BCUT2D eigenvalue weighted by Gasteiger charge is 2.16. The van der Waals surface area contributed by atoms with E-state index in [2.05, 4.69) is 5.32 Å². The van der Waals surface area contributed by atoms with Gasteiger partial charge in [0.05, 0.1) is 6.42 Å². The molecule has 82 valence electrons. The Morgan fingerprint density at radius 3 is 2.43 bits per heavy atom. The fraction of sp³-hybridized carbons (Fsp3) is 0.778. The largest absolute Gasteiger partial charge is 0.481 e.